The van der Waals surface area contributed by atoms with Crippen LogP contribution in [0.5, 0.6) is 5.75 Å². The summed E-state index contributed by atoms with van der Waals surface area (Å²) < 4.78 is 5.23. The van der Waals surface area contributed by atoms with E-state index >= 15 is 0 Å². The van der Waals surface area contributed by atoms with Crippen LogP contribution in [-0.2, 0) is 11.3 Å². The minimum absolute atomic E-state index is 0.235. The minimum atomic E-state index is 0.235. The molecular formula is C23H37N3O2. The average Bonchev–Trinajstić information content (AvgIpc) is 2.74. The van der Waals surface area contributed by atoms with Gasteiger partial charge in [0.2, 0.25) is 5.91 Å². The lowest BCUT2D eigenvalue weighted by Crippen LogP contribution is -2.39. The van der Waals surface area contributed by atoms with Crippen molar-refractivity contribution in [1.82, 2.24) is 15.5 Å². The summed E-state index contributed by atoms with van der Waals surface area (Å²) in [6.45, 7) is 8.48. The Labute approximate surface area is 170 Å². The van der Waals surface area contributed by atoms with Crippen LogP contribution in [0.3, 0.4) is 0 Å². The molecule has 0 bridgehead atoms. The van der Waals surface area contributed by atoms with E-state index < -0.39 is 0 Å². The van der Waals surface area contributed by atoms with Gasteiger partial charge in [-0.25, -0.2) is 0 Å². The Morgan fingerprint density at radius 3 is 2.64 bits per heavy atom. The van der Waals surface area contributed by atoms with Crippen molar-refractivity contribution >= 4 is 5.91 Å². The molecule has 0 saturated carbocycles. The Balaban J connectivity index is 1.32. The molecule has 3 rings (SSSR count). The van der Waals surface area contributed by atoms with Crippen LogP contribution in [-0.4, -0.2) is 50.6 Å². The number of hydrogen-bond donors (Lipinski definition) is 2. The SMILES string of the molecule is COc1ccc(CN2CCC(CNC(=O)CC(C)C3CCCNC3)CC2)cc1. The van der Waals surface area contributed by atoms with Crippen LogP contribution >= 0.6 is 0 Å². The fraction of sp³-hybridized carbons (Fsp3) is 0.696. The normalized spacial score (nSPS) is 22.6. The van der Waals surface area contributed by atoms with Gasteiger partial charge in [0, 0.05) is 19.5 Å². The van der Waals surface area contributed by atoms with E-state index in [-0.39, 0.29) is 5.91 Å². The number of amides is 1. The summed E-state index contributed by atoms with van der Waals surface area (Å²) >= 11 is 0. The maximum absolute atomic E-state index is 12.3. The molecule has 2 saturated heterocycles. The van der Waals surface area contributed by atoms with Crippen LogP contribution in [0.1, 0.15) is 44.6 Å². The first-order chi connectivity index (χ1) is 13.6. The summed E-state index contributed by atoms with van der Waals surface area (Å²) in [5.74, 6) is 2.88. The zero-order valence-electron chi connectivity index (χ0n) is 17.6. The van der Waals surface area contributed by atoms with E-state index in [1.54, 1.807) is 7.11 Å². The number of piperidine rings is 2. The molecule has 1 amide bonds. The quantitative estimate of drug-likeness (QED) is 0.720. The van der Waals surface area contributed by atoms with Gasteiger partial charge < -0.3 is 15.4 Å². The molecule has 28 heavy (non-hydrogen) atoms. The molecule has 1 aromatic carbocycles. The summed E-state index contributed by atoms with van der Waals surface area (Å²) in [5, 5.41) is 6.67. The molecule has 156 valence electrons. The van der Waals surface area contributed by atoms with Gasteiger partial charge >= 0.3 is 0 Å². The standard InChI is InChI=1S/C23H37N3O2/c1-18(21-4-3-11-24-16-21)14-23(27)25-15-19-9-12-26(13-10-19)17-20-5-7-22(28-2)8-6-20/h5-8,18-19,21,24H,3-4,9-17H2,1-2H3,(H,25,27). The Kier molecular flexibility index (Phi) is 8.16. The predicted molar refractivity (Wildman–Crippen MR) is 113 cm³/mol. The Bertz CT molecular complexity index is 590. The first-order valence-corrected chi connectivity index (χ1v) is 11.0. The van der Waals surface area contributed by atoms with Gasteiger partial charge in [-0.05, 0) is 87.3 Å². The Morgan fingerprint density at radius 2 is 2.00 bits per heavy atom. The maximum Gasteiger partial charge on any atom is 0.220 e. The fourth-order valence-electron chi connectivity index (χ4n) is 4.49. The van der Waals surface area contributed by atoms with Gasteiger partial charge in [-0.2, -0.15) is 0 Å². The van der Waals surface area contributed by atoms with Crippen molar-refractivity contribution in [3.05, 3.63) is 29.8 Å². The molecule has 5 heteroatoms. The highest BCUT2D eigenvalue weighted by Crippen LogP contribution is 2.23. The zero-order valence-corrected chi connectivity index (χ0v) is 17.6. The molecule has 0 aliphatic carbocycles. The third-order valence-corrected chi connectivity index (χ3v) is 6.51. The summed E-state index contributed by atoms with van der Waals surface area (Å²) in [4.78, 5) is 14.9. The van der Waals surface area contributed by atoms with Gasteiger partial charge in [-0.1, -0.05) is 19.1 Å². The van der Waals surface area contributed by atoms with E-state index in [9.17, 15) is 4.79 Å². The van der Waals surface area contributed by atoms with E-state index in [1.807, 2.05) is 12.1 Å². The zero-order chi connectivity index (χ0) is 19.8. The van der Waals surface area contributed by atoms with Gasteiger partial charge in [0.1, 0.15) is 5.75 Å². The molecule has 2 aliphatic rings. The third-order valence-electron chi connectivity index (χ3n) is 6.51. The van der Waals surface area contributed by atoms with Crippen LogP contribution in [0.4, 0.5) is 0 Å². The molecule has 0 spiro atoms. The maximum atomic E-state index is 12.3. The molecule has 0 radical (unpaired) electrons. The molecule has 2 heterocycles. The van der Waals surface area contributed by atoms with Gasteiger partial charge in [0.15, 0.2) is 0 Å². The molecule has 2 unspecified atom stereocenters. The number of nitrogens with zero attached hydrogens (tertiary/aromatic N) is 1. The van der Waals surface area contributed by atoms with Crippen molar-refractivity contribution in [2.24, 2.45) is 17.8 Å². The number of rotatable bonds is 8. The molecular weight excluding hydrogens is 350 g/mol. The van der Waals surface area contributed by atoms with Crippen LogP contribution in [0, 0.1) is 17.8 Å². The molecule has 2 N–H and O–H groups in total. The second-order valence-electron chi connectivity index (χ2n) is 8.66. The second-order valence-corrected chi connectivity index (χ2v) is 8.66. The number of hydrogen-bond acceptors (Lipinski definition) is 4. The first-order valence-electron chi connectivity index (χ1n) is 11.0. The number of carbonyl (C=O) groups is 1. The Hall–Kier alpha value is -1.59. The number of methoxy groups -OCH3 is 1. The first kappa shape index (κ1) is 21.1. The highest BCUT2D eigenvalue weighted by molar-refractivity contribution is 5.76. The number of nitrogens with one attached hydrogen (secondary N) is 2. The van der Waals surface area contributed by atoms with Crippen molar-refractivity contribution in [2.75, 3.05) is 39.8 Å². The lowest BCUT2D eigenvalue weighted by atomic mass is 9.85. The summed E-state index contributed by atoms with van der Waals surface area (Å²) in [5.41, 5.74) is 1.33. The molecule has 2 fully saturated rings. The Morgan fingerprint density at radius 1 is 1.25 bits per heavy atom. The topological polar surface area (TPSA) is 53.6 Å². The molecule has 5 nitrogen and oxygen atoms in total. The van der Waals surface area contributed by atoms with Crippen molar-refractivity contribution in [1.29, 1.82) is 0 Å². The molecule has 2 atom stereocenters. The number of carbonyl (C=O) groups excluding carboxylic acids is 1. The van der Waals surface area contributed by atoms with E-state index in [0.717, 1.165) is 45.0 Å². The van der Waals surface area contributed by atoms with Crippen molar-refractivity contribution in [2.45, 2.75) is 45.6 Å². The van der Waals surface area contributed by atoms with Gasteiger partial charge in [-0.15, -0.1) is 0 Å². The smallest absolute Gasteiger partial charge is 0.220 e. The van der Waals surface area contributed by atoms with Crippen molar-refractivity contribution < 1.29 is 9.53 Å². The van der Waals surface area contributed by atoms with Gasteiger partial charge in [0.05, 0.1) is 7.11 Å². The predicted octanol–water partition coefficient (Wildman–Crippen LogP) is 3.05. The number of likely N-dealkylation sites (tertiary alicyclic amines) is 1. The summed E-state index contributed by atoms with van der Waals surface area (Å²) in [6.07, 6.45) is 5.50. The summed E-state index contributed by atoms with van der Waals surface area (Å²) in [6, 6.07) is 8.35. The highest BCUT2D eigenvalue weighted by Gasteiger charge is 2.23. The fourth-order valence-corrected chi connectivity index (χ4v) is 4.49. The van der Waals surface area contributed by atoms with E-state index in [0.29, 0.717) is 24.2 Å². The molecule has 2 aliphatic heterocycles. The van der Waals surface area contributed by atoms with E-state index in [4.69, 9.17) is 4.74 Å². The van der Waals surface area contributed by atoms with E-state index in [2.05, 4.69) is 34.6 Å². The van der Waals surface area contributed by atoms with Crippen LogP contribution < -0.4 is 15.4 Å². The molecule has 1 aromatic rings. The molecule has 0 aromatic heterocycles. The third kappa shape index (κ3) is 6.49. The monoisotopic (exact) mass is 387 g/mol. The number of benzene rings is 1. The average molecular weight is 388 g/mol. The van der Waals surface area contributed by atoms with Crippen molar-refractivity contribution in [3.8, 4) is 5.75 Å². The van der Waals surface area contributed by atoms with Gasteiger partial charge in [-0.3, -0.25) is 9.69 Å². The van der Waals surface area contributed by atoms with Crippen LogP contribution in [0.25, 0.3) is 0 Å². The van der Waals surface area contributed by atoms with Gasteiger partial charge in [0.25, 0.3) is 0 Å². The lowest BCUT2D eigenvalue weighted by molar-refractivity contribution is -0.122. The second kappa shape index (κ2) is 10.8. The van der Waals surface area contributed by atoms with E-state index in [1.165, 1.54) is 31.2 Å². The van der Waals surface area contributed by atoms with Crippen molar-refractivity contribution in [3.63, 3.8) is 0 Å². The summed E-state index contributed by atoms with van der Waals surface area (Å²) in [7, 11) is 1.70. The van der Waals surface area contributed by atoms with Crippen LogP contribution in [0.15, 0.2) is 24.3 Å². The lowest BCUT2D eigenvalue weighted by Gasteiger charge is -2.32. The van der Waals surface area contributed by atoms with Crippen LogP contribution in [0.2, 0.25) is 0 Å². The largest absolute Gasteiger partial charge is 0.497 e. The number of ether oxygens (including phenoxy) is 1. The highest BCUT2D eigenvalue weighted by atomic mass is 16.5. The minimum Gasteiger partial charge on any atom is -0.497 e.